The second-order valence-electron chi connectivity index (χ2n) is 8.03. The third kappa shape index (κ3) is 2.95. The molecule has 2 heterocycles. The van der Waals surface area contributed by atoms with Gasteiger partial charge in [0.15, 0.2) is 5.82 Å². The molecule has 2 aromatic rings. The number of rotatable bonds is 4. The molecule has 148 valence electrons. The number of nitrogens with zero attached hydrogens (tertiary/aromatic N) is 3. The molecule has 2 aliphatic carbocycles. The molecule has 0 spiro atoms. The van der Waals surface area contributed by atoms with Crippen LogP contribution in [0, 0.1) is 5.92 Å². The number of carbonyl (C=O) groups excluding carboxylic acids is 1. The molecule has 1 amide bonds. The lowest BCUT2D eigenvalue weighted by molar-refractivity contribution is -0.117. The monoisotopic (exact) mass is 400 g/mol. The Labute approximate surface area is 164 Å². The Morgan fingerprint density at radius 1 is 1.18 bits per heavy atom. The fourth-order valence-electron chi connectivity index (χ4n) is 4.30. The predicted octanol–water partition coefficient (Wildman–Crippen LogP) is 2.00. The van der Waals surface area contributed by atoms with Gasteiger partial charge < -0.3 is 5.32 Å². The summed E-state index contributed by atoms with van der Waals surface area (Å²) < 4.78 is 29.8. The highest BCUT2D eigenvalue weighted by atomic mass is 32.2. The number of aromatic nitrogens is 2. The minimum atomic E-state index is -3.58. The summed E-state index contributed by atoms with van der Waals surface area (Å²) in [5.74, 6) is 0.565. The molecule has 7 nitrogen and oxygen atoms in total. The number of nitrogens with one attached hydrogen (secondary N) is 1. The second kappa shape index (κ2) is 6.42. The normalized spacial score (nSPS) is 19.3. The van der Waals surface area contributed by atoms with E-state index in [2.05, 4.69) is 10.4 Å². The number of hydrogen-bond acceptors (Lipinski definition) is 4. The highest BCUT2D eigenvalue weighted by Gasteiger charge is 2.35. The lowest BCUT2D eigenvalue weighted by Crippen LogP contribution is -2.36. The largest absolute Gasteiger partial charge is 0.309 e. The summed E-state index contributed by atoms with van der Waals surface area (Å²) in [5, 5.41) is 7.35. The predicted molar refractivity (Wildman–Crippen MR) is 104 cm³/mol. The van der Waals surface area contributed by atoms with E-state index in [0.29, 0.717) is 23.7 Å². The molecule has 8 heteroatoms. The van der Waals surface area contributed by atoms with E-state index in [9.17, 15) is 13.2 Å². The number of benzene rings is 1. The van der Waals surface area contributed by atoms with Crippen molar-refractivity contribution in [3.63, 3.8) is 0 Å². The van der Waals surface area contributed by atoms with Crippen LogP contribution in [0.2, 0.25) is 0 Å². The maximum Gasteiger partial charge on any atom is 0.243 e. The molecule has 0 saturated heterocycles. The number of carbonyl (C=O) groups is 1. The van der Waals surface area contributed by atoms with Crippen LogP contribution in [0.15, 0.2) is 23.1 Å². The van der Waals surface area contributed by atoms with E-state index < -0.39 is 10.0 Å². The molecule has 1 N–H and O–H groups in total. The van der Waals surface area contributed by atoms with E-state index in [4.69, 9.17) is 0 Å². The minimum absolute atomic E-state index is 0.0143. The molecule has 0 atom stereocenters. The average molecular weight is 401 g/mol. The first-order valence-electron chi connectivity index (χ1n) is 9.91. The Kier molecular flexibility index (Phi) is 4.10. The van der Waals surface area contributed by atoms with Gasteiger partial charge in [-0.2, -0.15) is 9.40 Å². The van der Waals surface area contributed by atoms with Crippen molar-refractivity contribution >= 4 is 21.7 Å². The molecule has 0 bridgehead atoms. The molecule has 3 aliphatic rings. The minimum Gasteiger partial charge on any atom is -0.309 e. The maximum absolute atomic E-state index is 13.3. The molecule has 1 fully saturated rings. The number of hydrogen-bond donors (Lipinski definition) is 1. The zero-order valence-electron chi connectivity index (χ0n) is 15.9. The van der Waals surface area contributed by atoms with Crippen molar-refractivity contribution in [2.45, 2.75) is 50.0 Å². The summed E-state index contributed by atoms with van der Waals surface area (Å²) in [5.41, 5.74) is 4.22. The first kappa shape index (κ1) is 17.9. The van der Waals surface area contributed by atoms with Crippen LogP contribution >= 0.6 is 0 Å². The summed E-state index contributed by atoms with van der Waals surface area (Å²) >= 11 is 0. The van der Waals surface area contributed by atoms with Gasteiger partial charge >= 0.3 is 0 Å². The van der Waals surface area contributed by atoms with Crippen LogP contribution in [0.5, 0.6) is 0 Å². The molecule has 1 saturated carbocycles. The number of anilines is 1. The van der Waals surface area contributed by atoms with E-state index in [-0.39, 0.29) is 18.4 Å². The molecule has 0 unspecified atom stereocenters. The topological polar surface area (TPSA) is 84.3 Å². The van der Waals surface area contributed by atoms with Gasteiger partial charge in [0.05, 0.1) is 4.90 Å². The Balaban J connectivity index is 1.43. The van der Waals surface area contributed by atoms with Gasteiger partial charge in [0.25, 0.3) is 0 Å². The van der Waals surface area contributed by atoms with Crippen molar-refractivity contribution in [1.82, 2.24) is 14.1 Å². The third-order valence-corrected chi connectivity index (χ3v) is 7.95. The van der Waals surface area contributed by atoms with Crippen LogP contribution in [0.3, 0.4) is 0 Å². The fraction of sp³-hybridized carbons (Fsp3) is 0.500. The Morgan fingerprint density at radius 3 is 2.75 bits per heavy atom. The lowest BCUT2D eigenvalue weighted by Gasteiger charge is -2.27. The molecule has 1 aromatic carbocycles. The summed E-state index contributed by atoms with van der Waals surface area (Å²) in [6.07, 6.45) is 5.48. The van der Waals surface area contributed by atoms with E-state index >= 15 is 0 Å². The van der Waals surface area contributed by atoms with Gasteiger partial charge in [-0.1, -0.05) is 6.07 Å². The molecule has 0 radical (unpaired) electrons. The Morgan fingerprint density at radius 2 is 1.96 bits per heavy atom. The van der Waals surface area contributed by atoms with Crippen molar-refractivity contribution in [2.75, 3.05) is 11.9 Å². The van der Waals surface area contributed by atoms with Crippen LogP contribution in [0.1, 0.15) is 41.6 Å². The number of amides is 1. The molecular weight excluding hydrogens is 376 g/mol. The van der Waals surface area contributed by atoms with Crippen molar-refractivity contribution in [3.8, 4) is 0 Å². The van der Waals surface area contributed by atoms with Gasteiger partial charge in [-0.05, 0) is 55.4 Å². The van der Waals surface area contributed by atoms with Gasteiger partial charge in [-0.3, -0.25) is 9.48 Å². The Hall–Kier alpha value is -2.19. The zero-order valence-corrected chi connectivity index (χ0v) is 16.8. The second-order valence-corrected chi connectivity index (χ2v) is 9.97. The molecule has 1 aromatic heterocycles. The van der Waals surface area contributed by atoms with Crippen LogP contribution in [-0.4, -0.2) is 35.0 Å². The molecule has 28 heavy (non-hydrogen) atoms. The smallest absolute Gasteiger partial charge is 0.243 e. The molecular formula is C20H24N4O3S. The average Bonchev–Trinajstić information content (AvgIpc) is 3.36. The van der Waals surface area contributed by atoms with Crippen molar-refractivity contribution < 1.29 is 13.2 Å². The molecule has 1 aliphatic heterocycles. The highest BCUT2D eigenvalue weighted by molar-refractivity contribution is 7.89. The maximum atomic E-state index is 13.3. The SMILES string of the molecule is Cn1nc(NC(=O)C2CC2)c2c1CCN(S(=O)(=O)c1ccc3c(c1)CCC3)C2. The fourth-order valence-corrected chi connectivity index (χ4v) is 5.76. The molecule has 5 rings (SSSR count). The van der Waals surface area contributed by atoms with Gasteiger partial charge in [0.2, 0.25) is 15.9 Å². The van der Waals surface area contributed by atoms with Crippen LogP contribution in [-0.2, 0) is 47.7 Å². The van der Waals surface area contributed by atoms with Crippen LogP contribution in [0.25, 0.3) is 0 Å². The van der Waals surface area contributed by atoms with Crippen LogP contribution < -0.4 is 5.32 Å². The van der Waals surface area contributed by atoms with Crippen LogP contribution in [0.4, 0.5) is 5.82 Å². The quantitative estimate of drug-likeness (QED) is 0.851. The van der Waals surface area contributed by atoms with Gasteiger partial charge in [-0.25, -0.2) is 8.42 Å². The summed E-state index contributed by atoms with van der Waals surface area (Å²) in [4.78, 5) is 12.6. The number of sulfonamides is 1. The summed E-state index contributed by atoms with van der Waals surface area (Å²) in [6.45, 7) is 0.658. The van der Waals surface area contributed by atoms with Crippen molar-refractivity contribution in [2.24, 2.45) is 13.0 Å². The van der Waals surface area contributed by atoms with Gasteiger partial charge in [0.1, 0.15) is 0 Å². The highest BCUT2D eigenvalue weighted by Crippen LogP contribution is 2.34. The first-order chi connectivity index (χ1) is 13.4. The summed E-state index contributed by atoms with van der Waals surface area (Å²) in [6, 6.07) is 5.52. The van der Waals surface area contributed by atoms with E-state index in [1.807, 2.05) is 19.2 Å². The Bertz CT molecular complexity index is 1070. The standard InChI is InChI=1S/C20H24N4O3S/c1-23-18-9-10-24(12-17(18)19(22-23)21-20(25)14-5-6-14)28(26,27)16-8-7-13-3-2-4-15(13)11-16/h7-8,11,14H,2-6,9-10,12H2,1H3,(H,21,22,25). The first-order valence-corrected chi connectivity index (χ1v) is 11.3. The van der Waals surface area contributed by atoms with E-state index in [1.165, 1.54) is 9.87 Å². The van der Waals surface area contributed by atoms with Gasteiger partial charge in [0, 0.05) is 43.7 Å². The zero-order chi connectivity index (χ0) is 19.5. The summed E-state index contributed by atoms with van der Waals surface area (Å²) in [7, 11) is -1.74. The van der Waals surface area contributed by atoms with E-state index in [1.54, 1.807) is 10.7 Å². The third-order valence-electron chi connectivity index (χ3n) is 6.10. The van der Waals surface area contributed by atoms with E-state index in [0.717, 1.165) is 48.9 Å². The lowest BCUT2D eigenvalue weighted by atomic mass is 10.1. The van der Waals surface area contributed by atoms with Crippen molar-refractivity contribution in [1.29, 1.82) is 0 Å². The van der Waals surface area contributed by atoms with Crippen molar-refractivity contribution in [3.05, 3.63) is 40.6 Å². The number of aryl methyl sites for hydroxylation is 3. The van der Waals surface area contributed by atoms with Gasteiger partial charge in [-0.15, -0.1) is 0 Å². The number of fused-ring (bicyclic) bond motifs is 2.